The molecule has 1 aliphatic rings. The maximum atomic E-state index is 10.5. The molecule has 3 heterocycles. The standard InChI is InChI=1S/C15H23N5O2/c1-10(15-18-17-11(2)22-15)20-7-4-12(5-8-20)13(21)14-16-6-9-19(14)3/h6,9-10,12-13,21H,4-5,7-8H2,1-3H3. The van der Waals surface area contributed by atoms with E-state index in [2.05, 4.69) is 27.0 Å². The summed E-state index contributed by atoms with van der Waals surface area (Å²) in [6.07, 6.45) is 4.97. The Balaban J connectivity index is 1.59. The maximum absolute atomic E-state index is 10.5. The van der Waals surface area contributed by atoms with Gasteiger partial charge in [0.15, 0.2) is 0 Å². The number of hydrogen-bond donors (Lipinski definition) is 1. The average molecular weight is 305 g/mol. The molecule has 1 fully saturated rings. The number of aromatic nitrogens is 4. The second-order valence-electron chi connectivity index (χ2n) is 6.05. The topological polar surface area (TPSA) is 80.2 Å². The molecule has 1 N–H and O–H groups in total. The number of rotatable bonds is 4. The van der Waals surface area contributed by atoms with Gasteiger partial charge in [-0.3, -0.25) is 4.90 Å². The zero-order chi connectivity index (χ0) is 15.7. The van der Waals surface area contributed by atoms with Crippen molar-refractivity contribution in [3.63, 3.8) is 0 Å². The van der Waals surface area contributed by atoms with Crippen LogP contribution in [0, 0.1) is 12.8 Å². The van der Waals surface area contributed by atoms with Gasteiger partial charge in [0.2, 0.25) is 11.8 Å². The van der Waals surface area contributed by atoms with Crippen LogP contribution < -0.4 is 0 Å². The van der Waals surface area contributed by atoms with Gasteiger partial charge < -0.3 is 14.1 Å². The Morgan fingerprint density at radius 2 is 2.05 bits per heavy atom. The van der Waals surface area contributed by atoms with Gasteiger partial charge in [0, 0.05) is 26.4 Å². The summed E-state index contributed by atoms with van der Waals surface area (Å²) in [4.78, 5) is 6.59. The van der Waals surface area contributed by atoms with Crippen LogP contribution in [0.5, 0.6) is 0 Å². The Bertz CT molecular complexity index is 615. The smallest absolute Gasteiger partial charge is 0.233 e. The highest BCUT2D eigenvalue weighted by Crippen LogP contribution is 2.32. The molecular weight excluding hydrogens is 282 g/mol. The molecule has 1 saturated heterocycles. The molecule has 0 aliphatic carbocycles. The Morgan fingerprint density at radius 3 is 2.59 bits per heavy atom. The molecule has 2 aromatic rings. The van der Waals surface area contributed by atoms with Crippen LogP contribution in [0.2, 0.25) is 0 Å². The van der Waals surface area contributed by atoms with Crippen LogP contribution in [0.4, 0.5) is 0 Å². The summed E-state index contributed by atoms with van der Waals surface area (Å²) in [6.45, 7) is 5.71. The van der Waals surface area contributed by atoms with Crippen LogP contribution in [-0.4, -0.2) is 42.8 Å². The minimum atomic E-state index is -0.497. The van der Waals surface area contributed by atoms with Crippen molar-refractivity contribution in [2.45, 2.75) is 38.8 Å². The molecule has 2 unspecified atom stereocenters. The molecule has 120 valence electrons. The lowest BCUT2D eigenvalue weighted by atomic mass is 9.90. The fraction of sp³-hybridized carbons (Fsp3) is 0.667. The zero-order valence-corrected chi connectivity index (χ0v) is 13.3. The number of hydrogen-bond acceptors (Lipinski definition) is 6. The quantitative estimate of drug-likeness (QED) is 0.924. The van der Waals surface area contributed by atoms with Crippen molar-refractivity contribution in [2.24, 2.45) is 13.0 Å². The molecule has 7 heteroatoms. The summed E-state index contributed by atoms with van der Waals surface area (Å²) in [7, 11) is 1.92. The van der Waals surface area contributed by atoms with Crippen LogP contribution in [0.1, 0.15) is 49.5 Å². The highest BCUT2D eigenvalue weighted by molar-refractivity contribution is 4.99. The van der Waals surface area contributed by atoms with Crippen molar-refractivity contribution < 1.29 is 9.52 Å². The third kappa shape index (κ3) is 2.91. The van der Waals surface area contributed by atoms with Crippen molar-refractivity contribution in [3.05, 3.63) is 30.0 Å². The van der Waals surface area contributed by atoms with Gasteiger partial charge in [0.1, 0.15) is 11.9 Å². The first-order chi connectivity index (χ1) is 10.6. The maximum Gasteiger partial charge on any atom is 0.233 e. The predicted molar refractivity (Wildman–Crippen MR) is 79.9 cm³/mol. The van der Waals surface area contributed by atoms with E-state index < -0.39 is 6.10 Å². The molecule has 0 radical (unpaired) electrons. The first-order valence-corrected chi connectivity index (χ1v) is 7.75. The summed E-state index contributed by atoms with van der Waals surface area (Å²) in [5.74, 6) is 2.26. The third-order valence-corrected chi connectivity index (χ3v) is 4.59. The fourth-order valence-electron chi connectivity index (χ4n) is 3.13. The van der Waals surface area contributed by atoms with Crippen LogP contribution >= 0.6 is 0 Å². The molecule has 2 aromatic heterocycles. The molecule has 22 heavy (non-hydrogen) atoms. The third-order valence-electron chi connectivity index (χ3n) is 4.59. The van der Waals surface area contributed by atoms with Crippen LogP contribution in [0.15, 0.2) is 16.8 Å². The molecule has 7 nitrogen and oxygen atoms in total. The molecule has 0 bridgehead atoms. The molecule has 1 aliphatic heterocycles. The number of likely N-dealkylation sites (tertiary alicyclic amines) is 1. The summed E-state index contributed by atoms with van der Waals surface area (Å²) in [5.41, 5.74) is 0. The van der Waals surface area contributed by atoms with Gasteiger partial charge >= 0.3 is 0 Å². The lowest BCUT2D eigenvalue weighted by Crippen LogP contribution is -2.37. The van der Waals surface area contributed by atoms with Gasteiger partial charge in [-0.25, -0.2) is 4.98 Å². The lowest BCUT2D eigenvalue weighted by molar-refractivity contribution is 0.0367. The first-order valence-electron chi connectivity index (χ1n) is 7.75. The van der Waals surface area contributed by atoms with E-state index >= 15 is 0 Å². The summed E-state index contributed by atoms with van der Waals surface area (Å²) in [6, 6.07) is 0.118. The van der Waals surface area contributed by atoms with Crippen LogP contribution in [0.3, 0.4) is 0 Å². The number of nitrogens with zero attached hydrogens (tertiary/aromatic N) is 5. The summed E-state index contributed by atoms with van der Waals surface area (Å²) >= 11 is 0. The van der Waals surface area contributed by atoms with Gasteiger partial charge in [-0.1, -0.05) is 0 Å². The lowest BCUT2D eigenvalue weighted by Gasteiger charge is -2.36. The summed E-state index contributed by atoms with van der Waals surface area (Å²) < 4.78 is 7.41. The zero-order valence-electron chi connectivity index (χ0n) is 13.3. The summed E-state index contributed by atoms with van der Waals surface area (Å²) in [5, 5.41) is 18.5. The molecule has 0 amide bonds. The largest absolute Gasteiger partial charge is 0.424 e. The Hall–Kier alpha value is -1.73. The molecule has 2 atom stereocenters. The predicted octanol–water partition coefficient (Wildman–Crippen LogP) is 1.62. The number of imidazole rings is 1. The minimum Gasteiger partial charge on any atom is -0.424 e. The van der Waals surface area contributed by atoms with Gasteiger partial charge in [0.05, 0.1) is 6.04 Å². The van der Waals surface area contributed by atoms with Crippen molar-refractivity contribution in [2.75, 3.05) is 13.1 Å². The normalized spacial score (nSPS) is 20.2. The highest BCUT2D eigenvalue weighted by atomic mass is 16.4. The first kappa shape index (κ1) is 15.2. The Labute approximate surface area is 130 Å². The van der Waals surface area contributed by atoms with E-state index in [-0.39, 0.29) is 12.0 Å². The molecular formula is C15H23N5O2. The second kappa shape index (κ2) is 6.18. The molecule has 0 aromatic carbocycles. The number of piperidine rings is 1. The minimum absolute atomic E-state index is 0.118. The number of aliphatic hydroxyl groups is 1. The van der Waals surface area contributed by atoms with E-state index in [1.165, 1.54) is 0 Å². The Kier molecular flexibility index (Phi) is 4.26. The Morgan fingerprint density at radius 1 is 1.32 bits per heavy atom. The van der Waals surface area contributed by atoms with Gasteiger partial charge in [0.25, 0.3) is 0 Å². The van der Waals surface area contributed by atoms with E-state index in [1.54, 1.807) is 13.1 Å². The van der Waals surface area contributed by atoms with E-state index in [9.17, 15) is 5.11 Å². The second-order valence-corrected chi connectivity index (χ2v) is 6.05. The van der Waals surface area contributed by atoms with E-state index in [4.69, 9.17) is 4.42 Å². The van der Waals surface area contributed by atoms with Crippen LogP contribution in [0.25, 0.3) is 0 Å². The molecule has 0 saturated carbocycles. The SMILES string of the molecule is Cc1nnc(C(C)N2CCC(C(O)c3nccn3C)CC2)o1. The van der Waals surface area contributed by atoms with Crippen molar-refractivity contribution in [1.29, 1.82) is 0 Å². The van der Waals surface area contributed by atoms with Crippen LogP contribution in [-0.2, 0) is 7.05 Å². The van der Waals surface area contributed by atoms with Gasteiger partial charge in [-0.05, 0) is 38.8 Å². The monoisotopic (exact) mass is 305 g/mol. The van der Waals surface area contributed by atoms with Crippen molar-refractivity contribution >= 4 is 0 Å². The van der Waals surface area contributed by atoms with Gasteiger partial charge in [-0.2, -0.15) is 0 Å². The number of aryl methyl sites for hydroxylation is 2. The van der Waals surface area contributed by atoms with E-state index in [0.717, 1.165) is 31.8 Å². The average Bonchev–Trinajstić information content (AvgIpc) is 3.14. The van der Waals surface area contributed by atoms with E-state index in [1.807, 2.05) is 17.8 Å². The van der Waals surface area contributed by atoms with Gasteiger partial charge in [-0.15, -0.1) is 10.2 Å². The van der Waals surface area contributed by atoms with Crippen molar-refractivity contribution in [1.82, 2.24) is 24.6 Å². The van der Waals surface area contributed by atoms with Crippen molar-refractivity contribution in [3.8, 4) is 0 Å². The number of aliphatic hydroxyl groups excluding tert-OH is 1. The fourth-order valence-corrected chi connectivity index (χ4v) is 3.13. The molecule has 0 spiro atoms. The van der Waals surface area contributed by atoms with E-state index in [0.29, 0.717) is 11.8 Å². The molecule has 3 rings (SSSR count). The highest BCUT2D eigenvalue weighted by Gasteiger charge is 2.31.